The summed E-state index contributed by atoms with van der Waals surface area (Å²) in [5.41, 5.74) is 4.21. The highest BCUT2D eigenvalue weighted by Crippen LogP contribution is 2.32. The van der Waals surface area contributed by atoms with Gasteiger partial charge in [-0.05, 0) is 65.2 Å². The molecule has 0 spiro atoms. The molecular formula is C16H16BrNO2. The normalized spacial score (nSPS) is 10.4. The number of halogens is 1. The lowest BCUT2D eigenvalue weighted by molar-refractivity contribution is 0.0696. The molecule has 0 aliphatic heterocycles. The first-order valence-corrected chi connectivity index (χ1v) is 7.03. The zero-order valence-electron chi connectivity index (χ0n) is 11.6. The standard InChI is InChI=1S/C16H16BrNO2/c1-10-7-11(2)9-12(8-10)18(3)14-6-4-5-13(17)15(14)16(19)20/h4-9H,1-3H3,(H,19,20). The van der Waals surface area contributed by atoms with Crippen LogP contribution in [0.2, 0.25) is 0 Å². The molecule has 0 amide bonds. The van der Waals surface area contributed by atoms with E-state index in [-0.39, 0.29) is 5.56 Å². The van der Waals surface area contributed by atoms with Gasteiger partial charge in [-0.1, -0.05) is 12.1 Å². The smallest absolute Gasteiger partial charge is 0.338 e. The van der Waals surface area contributed by atoms with E-state index in [4.69, 9.17) is 0 Å². The number of carboxylic acids is 1. The molecule has 0 aliphatic carbocycles. The molecule has 1 N–H and O–H groups in total. The second kappa shape index (κ2) is 5.67. The Morgan fingerprint density at radius 3 is 2.30 bits per heavy atom. The Balaban J connectivity index is 2.56. The molecule has 0 bridgehead atoms. The van der Waals surface area contributed by atoms with Crippen molar-refractivity contribution in [2.24, 2.45) is 0 Å². The van der Waals surface area contributed by atoms with Gasteiger partial charge in [0.05, 0.1) is 11.3 Å². The molecule has 0 saturated heterocycles. The van der Waals surface area contributed by atoms with Gasteiger partial charge in [-0.25, -0.2) is 4.79 Å². The maximum absolute atomic E-state index is 11.5. The number of aromatic carboxylic acids is 1. The van der Waals surface area contributed by atoms with E-state index >= 15 is 0 Å². The molecule has 0 aliphatic rings. The predicted molar refractivity (Wildman–Crippen MR) is 85.1 cm³/mol. The first-order chi connectivity index (χ1) is 9.40. The Kier molecular flexibility index (Phi) is 4.14. The minimum atomic E-state index is -0.941. The van der Waals surface area contributed by atoms with Crippen LogP contribution in [0.1, 0.15) is 21.5 Å². The van der Waals surface area contributed by atoms with Crippen LogP contribution in [0.3, 0.4) is 0 Å². The van der Waals surface area contributed by atoms with Gasteiger partial charge in [0.1, 0.15) is 0 Å². The van der Waals surface area contributed by atoms with Crippen molar-refractivity contribution in [3.8, 4) is 0 Å². The molecule has 0 aromatic heterocycles. The lowest BCUT2D eigenvalue weighted by Crippen LogP contribution is -2.14. The van der Waals surface area contributed by atoms with Crippen molar-refractivity contribution < 1.29 is 9.90 Å². The number of rotatable bonds is 3. The number of carboxylic acid groups (broad SMARTS) is 1. The molecule has 0 fully saturated rings. The number of aryl methyl sites for hydroxylation is 2. The fourth-order valence-electron chi connectivity index (χ4n) is 2.29. The molecule has 3 nitrogen and oxygen atoms in total. The summed E-state index contributed by atoms with van der Waals surface area (Å²) < 4.78 is 0.582. The second-order valence-corrected chi connectivity index (χ2v) is 5.70. The molecular weight excluding hydrogens is 318 g/mol. The Bertz CT molecular complexity index is 647. The van der Waals surface area contributed by atoms with E-state index in [0.717, 1.165) is 16.8 Å². The van der Waals surface area contributed by atoms with E-state index in [9.17, 15) is 9.90 Å². The number of hydrogen-bond donors (Lipinski definition) is 1. The molecule has 20 heavy (non-hydrogen) atoms. The van der Waals surface area contributed by atoms with Crippen molar-refractivity contribution in [2.75, 3.05) is 11.9 Å². The molecule has 2 aromatic rings. The maximum atomic E-state index is 11.5. The molecule has 0 radical (unpaired) electrons. The lowest BCUT2D eigenvalue weighted by Gasteiger charge is -2.23. The topological polar surface area (TPSA) is 40.5 Å². The van der Waals surface area contributed by atoms with Gasteiger partial charge in [0.25, 0.3) is 0 Å². The number of benzene rings is 2. The minimum Gasteiger partial charge on any atom is -0.478 e. The van der Waals surface area contributed by atoms with E-state index in [0.29, 0.717) is 10.2 Å². The summed E-state index contributed by atoms with van der Waals surface area (Å²) in [6, 6.07) is 11.6. The summed E-state index contributed by atoms with van der Waals surface area (Å²) in [4.78, 5) is 13.4. The van der Waals surface area contributed by atoms with E-state index < -0.39 is 5.97 Å². The van der Waals surface area contributed by atoms with Crippen LogP contribution < -0.4 is 4.90 Å². The van der Waals surface area contributed by atoms with Gasteiger partial charge in [-0.3, -0.25) is 0 Å². The van der Waals surface area contributed by atoms with Gasteiger partial charge < -0.3 is 10.0 Å². The zero-order chi connectivity index (χ0) is 14.9. The van der Waals surface area contributed by atoms with Crippen LogP contribution in [0, 0.1) is 13.8 Å². The third-order valence-electron chi connectivity index (χ3n) is 3.16. The number of anilines is 2. The summed E-state index contributed by atoms with van der Waals surface area (Å²) in [6.07, 6.45) is 0. The van der Waals surface area contributed by atoms with Crippen molar-refractivity contribution >= 4 is 33.3 Å². The van der Waals surface area contributed by atoms with Gasteiger partial charge in [0, 0.05) is 17.2 Å². The van der Waals surface area contributed by atoms with Gasteiger partial charge in [0.2, 0.25) is 0 Å². The van der Waals surface area contributed by atoms with Crippen LogP contribution >= 0.6 is 15.9 Å². The highest BCUT2D eigenvalue weighted by Gasteiger charge is 2.17. The van der Waals surface area contributed by atoms with Gasteiger partial charge in [-0.15, -0.1) is 0 Å². The van der Waals surface area contributed by atoms with Crippen molar-refractivity contribution in [1.82, 2.24) is 0 Å². The van der Waals surface area contributed by atoms with Crippen LogP contribution in [0.5, 0.6) is 0 Å². The molecule has 104 valence electrons. The van der Waals surface area contributed by atoms with Crippen molar-refractivity contribution in [3.05, 3.63) is 57.6 Å². The van der Waals surface area contributed by atoms with Gasteiger partial charge in [-0.2, -0.15) is 0 Å². The van der Waals surface area contributed by atoms with E-state index in [2.05, 4.69) is 22.0 Å². The lowest BCUT2D eigenvalue weighted by atomic mass is 10.1. The number of hydrogen-bond acceptors (Lipinski definition) is 2. The average Bonchev–Trinajstić information content (AvgIpc) is 2.35. The fraction of sp³-hybridized carbons (Fsp3) is 0.188. The number of nitrogens with zero attached hydrogens (tertiary/aromatic N) is 1. The van der Waals surface area contributed by atoms with Crippen LogP contribution in [0.15, 0.2) is 40.9 Å². The second-order valence-electron chi connectivity index (χ2n) is 4.84. The quantitative estimate of drug-likeness (QED) is 0.896. The highest BCUT2D eigenvalue weighted by atomic mass is 79.9. The van der Waals surface area contributed by atoms with E-state index in [1.54, 1.807) is 6.07 Å². The first kappa shape index (κ1) is 14.6. The summed E-state index contributed by atoms with van der Waals surface area (Å²) >= 11 is 3.31. The summed E-state index contributed by atoms with van der Waals surface area (Å²) in [6.45, 7) is 4.06. The molecule has 0 unspecified atom stereocenters. The third kappa shape index (κ3) is 2.85. The Hall–Kier alpha value is -1.81. The fourth-order valence-corrected chi connectivity index (χ4v) is 2.81. The molecule has 2 rings (SSSR count). The molecule has 0 saturated carbocycles. The Labute approximate surface area is 127 Å². The van der Waals surface area contributed by atoms with Crippen molar-refractivity contribution in [1.29, 1.82) is 0 Å². The predicted octanol–water partition coefficient (Wildman–Crippen LogP) is 4.53. The zero-order valence-corrected chi connectivity index (χ0v) is 13.2. The summed E-state index contributed by atoms with van der Waals surface area (Å²) in [5.74, 6) is -0.941. The highest BCUT2D eigenvalue weighted by molar-refractivity contribution is 9.10. The summed E-state index contributed by atoms with van der Waals surface area (Å²) in [7, 11) is 1.88. The molecule has 0 heterocycles. The largest absolute Gasteiger partial charge is 0.478 e. The average molecular weight is 334 g/mol. The maximum Gasteiger partial charge on any atom is 0.338 e. The number of carbonyl (C=O) groups is 1. The Morgan fingerprint density at radius 2 is 1.75 bits per heavy atom. The van der Waals surface area contributed by atoms with E-state index in [1.165, 1.54) is 0 Å². The molecule has 4 heteroatoms. The molecule has 0 atom stereocenters. The first-order valence-electron chi connectivity index (χ1n) is 6.24. The van der Waals surface area contributed by atoms with Crippen molar-refractivity contribution in [2.45, 2.75) is 13.8 Å². The van der Waals surface area contributed by atoms with Crippen LogP contribution in [0.4, 0.5) is 11.4 Å². The Morgan fingerprint density at radius 1 is 1.15 bits per heavy atom. The van der Waals surface area contributed by atoms with Crippen LogP contribution in [-0.4, -0.2) is 18.1 Å². The van der Waals surface area contributed by atoms with Gasteiger partial charge in [0.15, 0.2) is 0 Å². The van der Waals surface area contributed by atoms with Crippen LogP contribution in [-0.2, 0) is 0 Å². The third-order valence-corrected chi connectivity index (χ3v) is 3.82. The molecule has 2 aromatic carbocycles. The van der Waals surface area contributed by atoms with Crippen molar-refractivity contribution in [3.63, 3.8) is 0 Å². The SMILES string of the molecule is Cc1cc(C)cc(N(C)c2cccc(Br)c2C(=O)O)c1. The minimum absolute atomic E-state index is 0.272. The monoisotopic (exact) mass is 333 g/mol. The van der Waals surface area contributed by atoms with E-state index in [1.807, 2.05) is 50.1 Å². The van der Waals surface area contributed by atoms with Gasteiger partial charge >= 0.3 is 5.97 Å². The van der Waals surface area contributed by atoms with Crippen LogP contribution in [0.25, 0.3) is 0 Å². The summed E-state index contributed by atoms with van der Waals surface area (Å²) in [5, 5.41) is 9.39.